The van der Waals surface area contributed by atoms with Gasteiger partial charge in [-0.15, -0.1) is 11.3 Å². The standard InChI is InChI=1S/C10H15NOS/c11-8(4-5-12)10-6-7-2-1-3-9(7)13-10/h6,8,12H,1-5,11H2. The van der Waals surface area contributed by atoms with Gasteiger partial charge in [0.2, 0.25) is 0 Å². The van der Waals surface area contributed by atoms with Crippen molar-refractivity contribution in [2.75, 3.05) is 6.61 Å². The minimum Gasteiger partial charge on any atom is -0.396 e. The van der Waals surface area contributed by atoms with Crippen LogP contribution in [0.5, 0.6) is 0 Å². The van der Waals surface area contributed by atoms with Crippen molar-refractivity contribution in [1.82, 2.24) is 0 Å². The minimum atomic E-state index is 0.0422. The fourth-order valence-electron chi connectivity index (χ4n) is 1.82. The molecule has 2 rings (SSSR count). The highest BCUT2D eigenvalue weighted by Crippen LogP contribution is 2.33. The number of rotatable bonds is 3. The summed E-state index contributed by atoms with van der Waals surface area (Å²) in [6, 6.07) is 2.27. The largest absolute Gasteiger partial charge is 0.396 e. The normalized spacial score (nSPS) is 17.4. The number of fused-ring (bicyclic) bond motifs is 1. The Hall–Kier alpha value is -0.380. The van der Waals surface area contributed by atoms with Gasteiger partial charge in [0.25, 0.3) is 0 Å². The van der Waals surface area contributed by atoms with Gasteiger partial charge in [-0.1, -0.05) is 0 Å². The number of aliphatic hydroxyl groups excluding tert-OH is 1. The highest BCUT2D eigenvalue weighted by Gasteiger charge is 2.17. The summed E-state index contributed by atoms with van der Waals surface area (Å²) in [5.41, 5.74) is 7.41. The van der Waals surface area contributed by atoms with Crippen LogP contribution in [0.2, 0.25) is 0 Å². The summed E-state index contributed by atoms with van der Waals surface area (Å²) < 4.78 is 0. The Morgan fingerprint density at radius 2 is 2.38 bits per heavy atom. The zero-order chi connectivity index (χ0) is 9.26. The molecule has 1 unspecified atom stereocenters. The lowest BCUT2D eigenvalue weighted by molar-refractivity contribution is 0.277. The van der Waals surface area contributed by atoms with E-state index in [0.29, 0.717) is 6.42 Å². The topological polar surface area (TPSA) is 46.2 Å². The molecule has 0 saturated carbocycles. The lowest BCUT2D eigenvalue weighted by Crippen LogP contribution is -2.10. The van der Waals surface area contributed by atoms with Crippen LogP contribution < -0.4 is 5.73 Å². The van der Waals surface area contributed by atoms with Crippen molar-refractivity contribution in [2.45, 2.75) is 31.7 Å². The molecule has 1 heterocycles. The molecule has 0 bridgehead atoms. The molecule has 0 aliphatic heterocycles. The number of thiophene rings is 1. The maximum atomic E-state index is 8.77. The van der Waals surface area contributed by atoms with Crippen LogP contribution in [-0.4, -0.2) is 11.7 Å². The second-order valence-corrected chi connectivity index (χ2v) is 4.74. The van der Waals surface area contributed by atoms with Crippen molar-refractivity contribution in [3.8, 4) is 0 Å². The van der Waals surface area contributed by atoms with Crippen molar-refractivity contribution in [1.29, 1.82) is 0 Å². The van der Waals surface area contributed by atoms with Gasteiger partial charge in [-0.2, -0.15) is 0 Å². The maximum Gasteiger partial charge on any atom is 0.0449 e. The molecule has 0 spiro atoms. The van der Waals surface area contributed by atoms with E-state index in [2.05, 4.69) is 6.07 Å². The van der Waals surface area contributed by atoms with E-state index in [0.717, 1.165) is 0 Å². The van der Waals surface area contributed by atoms with E-state index >= 15 is 0 Å². The molecule has 1 aliphatic rings. The number of nitrogens with two attached hydrogens (primary N) is 1. The van der Waals surface area contributed by atoms with Gasteiger partial charge in [0.15, 0.2) is 0 Å². The van der Waals surface area contributed by atoms with Crippen LogP contribution in [-0.2, 0) is 12.8 Å². The summed E-state index contributed by atoms with van der Waals surface area (Å²) in [6.45, 7) is 0.184. The third kappa shape index (κ3) is 1.77. The van der Waals surface area contributed by atoms with E-state index in [-0.39, 0.29) is 12.6 Å². The SMILES string of the molecule is NC(CCO)c1cc2c(s1)CCC2. The Bertz CT molecular complexity index is 274. The molecule has 13 heavy (non-hydrogen) atoms. The maximum absolute atomic E-state index is 8.77. The van der Waals surface area contributed by atoms with E-state index < -0.39 is 0 Å². The van der Waals surface area contributed by atoms with Crippen LogP contribution in [0, 0.1) is 0 Å². The van der Waals surface area contributed by atoms with Gasteiger partial charge in [-0.3, -0.25) is 0 Å². The number of aliphatic hydroxyl groups is 1. The van der Waals surface area contributed by atoms with Crippen molar-refractivity contribution in [3.05, 3.63) is 21.4 Å². The Kier molecular flexibility index (Phi) is 2.67. The second kappa shape index (κ2) is 3.78. The Morgan fingerprint density at radius 1 is 1.54 bits per heavy atom. The number of aryl methyl sites for hydroxylation is 2. The first-order valence-electron chi connectivity index (χ1n) is 4.79. The Morgan fingerprint density at radius 3 is 3.08 bits per heavy atom. The van der Waals surface area contributed by atoms with Crippen LogP contribution in [0.4, 0.5) is 0 Å². The molecule has 72 valence electrons. The lowest BCUT2D eigenvalue weighted by Gasteiger charge is -2.06. The van der Waals surface area contributed by atoms with Crippen molar-refractivity contribution in [2.24, 2.45) is 5.73 Å². The number of hydrogen-bond donors (Lipinski definition) is 2. The summed E-state index contributed by atoms with van der Waals surface area (Å²) in [7, 11) is 0. The predicted molar refractivity (Wildman–Crippen MR) is 55.0 cm³/mol. The van der Waals surface area contributed by atoms with Crippen molar-refractivity contribution in [3.63, 3.8) is 0 Å². The van der Waals surface area contributed by atoms with Gasteiger partial charge in [-0.05, 0) is 37.3 Å². The first kappa shape index (κ1) is 9.19. The van der Waals surface area contributed by atoms with Gasteiger partial charge in [0.1, 0.15) is 0 Å². The van der Waals surface area contributed by atoms with Crippen molar-refractivity contribution < 1.29 is 5.11 Å². The highest BCUT2D eigenvalue weighted by atomic mass is 32.1. The first-order chi connectivity index (χ1) is 6.31. The molecule has 1 aromatic rings. The summed E-state index contributed by atoms with van der Waals surface area (Å²) in [5, 5.41) is 8.77. The first-order valence-corrected chi connectivity index (χ1v) is 5.61. The molecular formula is C10H15NOS. The molecular weight excluding hydrogens is 182 g/mol. The molecule has 3 heteroatoms. The quantitative estimate of drug-likeness (QED) is 0.773. The molecule has 0 radical (unpaired) electrons. The lowest BCUT2D eigenvalue weighted by atomic mass is 10.1. The van der Waals surface area contributed by atoms with E-state index in [1.807, 2.05) is 11.3 Å². The zero-order valence-corrected chi connectivity index (χ0v) is 8.44. The van der Waals surface area contributed by atoms with Gasteiger partial charge >= 0.3 is 0 Å². The average molecular weight is 197 g/mol. The third-order valence-electron chi connectivity index (χ3n) is 2.57. The molecule has 0 amide bonds. The molecule has 0 aromatic carbocycles. The monoisotopic (exact) mass is 197 g/mol. The van der Waals surface area contributed by atoms with E-state index in [1.165, 1.54) is 34.6 Å². The van der Waals surface area contributed by atoms with Crippen LogP contribution in [0.1, 0.15) is 34.2 Å². The van der Waals surface area contributed by atoms with Gasteiger partial charge in [-0.25, -0.2) is 0 Å². The van der Waals surface area contributed by atoms with Crippen LogP contribution in [0.25, 0.3) is 0 Å². The number of hydrogen-bond acceptors (Lipinski definition) is 3. The third-order valence-corrected chi connectivity index (χ3v) is 3.94. The average Bonchev–Trinajstić information content (AvgIpc) is 2.61. The second-order valence-electron chi connectivity index (χ2n) is 3.57. The van der Waals surface area contributed by atoms with Gasteiger partial charge < -0.3 is 10.8 Å². The summed E-state index contributed by atoms with van der Waals surface area (Å²) in [6.07, 6.45) is 4.43. The molecule has 1 atom stereocenters. The summed E-state index contributed by atoms with van der Waals surface area (Å²) in [4.78, 5) is 2.77. The molecule has 3 N–H and O–H groups in total. The van der Waals surface area contributed by atoms with Gasteiger partial charge in [0.05, 0.1) is 0 Å². The summed E-state index contributed by atoms with van der Waals surface area (Å²) >= 11 is 1.83. The van der Waals surface area contributed by atoms with Crippen LogP contribution >= 0.6 is 11.3 Å². The Balaban J connectivity index is 2.13. The predicted octanol–water partition coefficient (Wildman–Crippen LogP) is 1.62. The van der Waals surface area contributed by atoms with E-state index in [4.69, 9.17) is 10.8 Å². The highest BCUT2D eigenvalue weighted by molar-refractivity contribution is 7.12. The fraction of sp³-hybridized carbons (Fsp3) is 0.600. The van der Waals surface area contributed by atoms with E-state index in [1.54, 1.807) is 0 Å². The fourth-order valence-corrected chi connectivity index (χ4v) is 3.11. The van der Waals surface area contributed by atoms with E-state index in [9.17, 15) is 0 Å². The molecule has 2 nitrogen and oxygen atoms in total. The van der Waals surface area contributed by atoms with Crippen LogP contribution in [0.15, 0.2) is 6.07 Å². The molecule has 0 saturated heterocycles. The van der Waals surface area contributed by atoms with Gasteiger partial charge in [0, 0.05) is 22.4 Å². The summed E-state index contributed by atoms with van der Waals surface area (Å²) in [5.74, 6) is 0. The zero-order valence-electron chi connectivity index (χ0n) is 7.62. The molecule has 1 aromatic heterocycles. The smallest absolute Gasteiger partial charge is 0.0449 e. The van der Waals surface area contributed by atoms with Crippen molar-refractivity contribution >= 4 is 11.3 Å². The molecule has 1 aliphatic carbocycles. The Labute approximate surface area is 82.4 Å². The van der Waals surface area contributed by atoms with Crippen LogP contribution in [0.3, 0.4) is 0 Å². The molecule has 0 fully saturated rings. The minimum absolute atomic E-state index is 0.0422.